The lowest BCUT2D eigenvalue weighted by Gasteiger charge is -2.32. The Morgan fingerprint density at radius 1 is 1.00 bits per heavy atom. The van der Waals surface area contributed by atoms with Gasteiger partial charge in [0.1, 0.15) is 11.4 Å². The number of fused-ring (bicyclic) bond motifs is 1. The molecule has 1 fully saturated rings. The molecule has 0 radical (unpaired) electrons. The molecule has 0 bridgehead atoms. The third-order valence-electron chi connectivity index (χ3n) is 6.77. The minimum absolute atomic E-state index is 0.0195. The van der Waals surface area contributed by atoms with Crippen molar-refractivity contribution in [1.29, 1.82) is 0 Å². The van der Waals surface area contributed by atoms with Crippen molar-refractivity contribution >= 4 is 5.91 Å². The topological polar surface area (TPSA) is 76.7 Å². The molecule has 1 amide bonds. The number of carbonyl (C=O) groups is 1. The van der Waals surface area contributed by atoms with Crippen LogP contribution < -0.4 is 14.2 Å². The molecule has 1 aromatic heterocycles. The van der Waals surface area contributed by atoms with E-state index in [-0.39, 0.29) is 18.0 Å². The maximum Gasteiger partial charge on any atom is 0.273 e. The lowest BCUT2D eigenvalue weighted by atomic mass is 9.95. The summed E-state index contributed by atoms with van der Waals surface area (Å²) in [6, 6.07) is 13.8. The number of ether oxygens (including phenoxy) is 3. The highest BCUT2D eigenvalue weighted by molar-refractivity contribution is 6.00. The van der Waals surface area contributed by atoms with Crippen LogP contribution in [0.15, 0.2) is 42.5 Å². The van der Waals surface area contributed by atoms with Gasteiger partial charge in [0.2, 0.25) is 0 Å². The number of nitrogens with one attached hydrogen (secondary N) is 1. The molecule has 1 aliphatic heterocycles. The van der Waals surface area contributed by atoms with Crippen molar-refractivity contribution in [2.75, 3.05) is 20.3 Å². The number of methoxy groups -OCH3 is 1. The van der Waals surface area contributed by atoms with Gasteiger partial charge in [-0.3, -0.25) is 9.89 Å². The zero-order valence-corrected chi connectivity index (χ0v) is 20.0. The molecule has 1 atom stereocenters. The molecule has 3 aromatic rings. The average molecular weight is 462 g/mol. The number of hydrogen-bond donors (Lipinski definition) is 1. The number of rotatable bonds is 8. The van der Waals surface area contributed by atoms with Crippen molar-refractivity contribution in [2.45, 2.75) is 51.6 Å². The summed E-state index contributed by atoms with van der Waals surface area (Å²) in [7, 11) is 1.65. The quantitative estimate of drug-likeness (QED) is 0.488. The molecule has 2 heterocycles. The fourth-order valence-electron chi connectivity index (χ4n) is 5.26. The number of amides is 1. The van der Waals surface area contributed by atoms with Gasteiger partial charge in [0.25, 0.3) is 5.91 Å². The molecule has 1 saturated carbocycles. The zero-order chi connectivity index (χ0) is 23.7. The van der Waals surface area contributed by atoms with Gasteiger partial charge in [-0.25, -0.2) is 0 Å². The van der Waals surface area contributed by atoms with Crippen LogP contribution in [0.4, 0.5) is 0 Å². The van der Waals surface area contributed by atoms with Crippen LogP contribution in [-0.2, 0) is 0 Å². The van der Waals surface area contributed by atoms with Crippen molar-refractivity contribution in [3.05, 3.63) is 59.3 Å². The number of aromatic nitrogens is 2. The van der Waals surface area contributed by atoms with Crippen LogP contribution in [0.5, 0.6) is 17.2 Å². The van der Waals surface area contributed by atoms with Gasteiger partial charge in [-0.2, -0.15) is 5.10 Å². The molecule has 178 valence electrons. The second kappa shape index (κ2) is 9.41. The fraction of sp³-hybridized carbons (Fsp3) is 0.407. The Balaban J connectivity index is 1.64. The molecule has 2 aromatic carbocycles. The normalized spacial score (nSPS) is 17.8. The molecule has 7 nitrogen and oxygen atoms in total. The van der Waals surface area contributed by atoms with E-state index in [9.17, 15) is 4.79 Å². The van der Waals surface area contributed by atoms with Gasteiger partial charge < -0.3 is 19.1 Å². The lowest BCUT2D eigenvalue weighted by molar-refractivity contribution is 0.0660. The molecule has 34 heavy (non-hydrogen) atoms. The summed E-state index contributed by atoms with van der Waals surface area (Å²) < 4.78 is 17.0. The Morgan fingerprint density at radius 2 is 1.71 bits per heavy atom. The van der Waals surface area contributed by atoms with Crippen LogP contribution >= 0.6 is 0 Å². The Bertz CT molecular complexity index is 1170. The summed E-state index contributed by atoms with van der Waals surface area (Å²) in [5, 5.41) is 7.65. The smallest absolute Gasteiger partial charge is 0.273 e. The van der Waals surface area contributed by atoms with E-state index in [1.54, 1.807) is 7.11 Å². The molecule has 7 heteroatoms. The van der Waals surface area contributed by atoms with Crippen LogP contribution in [-0.4, -0.2) is 47.4 Å². The van der Waals surface area contributed by atoms with Crippen molar-refractivity contribution in [3.8, 4) is 28.5 Å². The van der Waals surface area contributed by atoms with E-state index in [4.69, 9.17) is 14.2 Å². The fourth-order valence-corrected chi connectivity index (χ4v) is 5.26. The Hall–Kier alpha value is -3.48. The maximum atomic E-state index is 13.7. The van der Waals surface area contributed by atoms with E-state index >= 15 is 0 Å². The number of carbonyl (C=O) groups excluding carboxylic acids is 1. The molecule has 5 rings (SSSR count). The van der Waals surface area contributed by atoms with E-state index in [2.05, 4.69) is 15.1 Å². The molecule has 1 N–H and O–H groups in total. The van der Waals surface area contributed by atoms with Crippen molar-refractivity contribution in [3.63, 3.8) is 0 Å². The predicted octanol–water partition coefficient (Wildman–Crippen LogP) is 5.37. The third-order valence-corrected chi connectivity index (χ3v) is 6.77. The Kier molecular flexibility index (Phi) is 6.18. The summed E-state index contributed by atoms with van der Waals surface area (Å²) >= 11 is 0. The summed E-state index contributed by atoms with van der Waals surface area (Å²) in [6.45, 7) is 5.01. The monoisotopic (exact) mass is 461 g/mol. The third kappa shape index (κ3) is 3.79. The first kappa shape index (κ1) is 22.3. The lowest BCUT2D eigenvalue weighted by Crippen LogP contribution is -2.37. The van der Waals surface area contributed by atoms with Gasteiger partial charge in [0, 0.05) is 17.2 Å². The molecule has 0 saturated heterocycles. The largest absolute Gasteiger partial charge is 0.497 e. The zero-order valence-electron chi connectivity index (χ0n) is 20.0. The molecule has 1 aliphatic carbocycles. The van der Waals surface area contributed by atoms with E-state index in [0.717, 1.165) is 53.8 Å². The van der Waals surface area contributed by atoms with Crippen LogP contribution in [0.3, 0.4) is 0 Å². The van der Waals surface area contributed by atoms with Crippen LogP contribution in [0.1, 0.15) is 67.2 Å². The molecular weight excluding hydrogens is 430 g/mol. The molecular formula is C27H31N3O4. The van der Waals surface area contributed by atoms with E-state index in [0.29, 0.717) is 30.4 Å². The van der Waals surface area contributed by atoms with Gasteiger partial charge in [0.15, 0.2) is 11.5 Å². The van der Waals surface area contributed by atoms with Crippen LogP contribution in [0, 0.1) is 0 Å². The van der Waals surface area contributed by atoms with Crippen molar-refractivity contribution < 1.29 is 19.0 Å². The van der Waals surface area contributed by atoms with Gasteiger partial charge in [-0.15, -0.1) is 0 Å². The van der Waals surface area contributed by atoms with E-state index in [1.165, 1.54) is 0 Å². The first-order valence-electron chi connectivity index (χ1n) is 12.1. The summed E-state index contributed by atoms with van der Waals surface area (Å²) in [6.07, 6.45) is 4.33. The minimum Gasteiger partial charge on any atom is -0.497 e. The van der Waals surface area contributed by atoms with Crippen molar-refractivity contribution in [2.24, 2.45) is 0 Å². The van der Waals surface area contributed by atoms with Crippen LogP contribution in [0.25, 0.3) is 11.3 Å². The molecule has 1 unspecified atom stereocenters. The second-order valence-corrected chi connectivity index (χ2v) is 8.71. The first-order valence-corrected chi connectivity index (χ1v) is 12.1. The Labute approximate surface area is 200 Å². The van der Waals surface area contributed by atoms with E-state index in [1.807, 2.05) is 56.3 Å². The summed E-state index contributed by atoms with van der Waals surface area (Å²) in [5.41, 5.74) is 4.24. The van der Waals surface area contributed by atoms with Crippen LogP contribution in [0.2, 0.25) is 0 Å². The molecule has 0 spiro atoms. The summed E-state index contributed by atoms with van der Waals surface area (Å²) in [4.78, 5) is 15.7. The van der Waals surface area contributed by atoms with Gasteiger partial charge in [-0.1, -0.05) is 18.9 Å². The molecule has 2 aliphatic rings. The number of benzene rings is 2. The van der Waals surface area contributed by atoms with Crippen molar-refractivity contribution in [1.82, 2.24) is 15.1 Å². The van der Waals surface area contributed by atoms with Gasteiger partial charge in [-0.05, 0) is 68.7 Å². The predicted molar refractivity (Wildman–Crippen MR) is 130 cm³/mol. The van der Waals surface area contributed by atoms with Gasteiger partial charge >= 0.3 is 0 Å². The highest BCUT2D eigenvalue weighted by Crippen LogP contribution is 2.47. The maximum absolute atomic E-state index is 13.7. The highest BCUT2D eigenvalue weighted by atomic mass is 16.5. The summed E-state index contributed by atoms with van der Waals surface area (Å²) in [5.74, 6) is 2.21. The highest BCUT2D eigenvalue weighted by Gasteiger charge is 2.46. The number of aromatic amines is 1. The standard InChI is InChI=1S/C27H31N3O4/c1-4-33-21-15-12-18(16-22(21)34-5-2)26-23-24(17-10-13-20(32-3)14-11-17)28-29-25(23)27(31)30(26)19-8-6-7-9-19/h10-16,19,26H,4-9H2,1-3H3,(H,28,29). The number of hydrogen-bond acceptors (Lipinski definition) is 5. The minimum atomic E-state index is -0.240. The average Bonchev–Trinajstić information content (AvgIpc) is 3.59. The second-order valence-electron chi connectivity index (χ2n) is 8.71. The number of nitrogens with zero attached hydrogens (tertiary/aromatic N) is 2. The number of H-pyrrole nitrogens is 1. The van der Waals surface area contributed by atoms with E-state index < -0.39 is 0 Å². The first-order chi connectivity index (χ1) is 16.7. The Morgan fingerprint density at radius 3 is 2.38 bits per heavy atom. The SMILES string of the molecule is CCOc1ccc(C2c3c(-c4ccc(OC)cc4)n[nH]c3C(=O)N2C2CCCC2)cc1OCC. The van der Waals surface area contributed by atoms with Gasteiger partial charge in [0.05, 0.1) is 32.1 Å².